The molecular weight excluding hydrogens is 386 g/mol. The van der Waals surface area contributed by atoms with Gasteiger partial charge in [-0.15, -0.1) is 11.3 Å². The van der Waals surface area contributed by atoms with Gasteiger partial charge >= 0.3 is 0 Å². The molecule has 0 unspecified atom stereocenters. The van der Waals surface area contributed by atoms with Crippen LogP contribution in [0.5, 0.6) is 11.5 Å². The maximum absolute atomic E-state index is 12.5. The summed E-state index contributed by atoms with van der Waals surface area (Å²) >= 11 is 1.39. The van der Waals surface area contributed by atoms with Crippen LogP contribution in [-0.4, -0.2) is 20.9 Å². The molecule has 4 rings (SSSR count). The smallest absolute Gasteiger partial charge is 0.230 e. The number of para-hydroxylation sites is 3. The van der Waals surface area contributed by atoms with E-state index in [4.69, 9.17) is 4.74 Å². The Morgan fingerprint density at radius 2 is 1.72 bits per heavy atom. The predicted octanol–water partition coefficient (Wildman–Crippen LogP) is 4.65. The zero-order valence-electron chi connectivity index (χ0n) is 15.3. The van der Waals surface area contributed by atoms with Gasteiger partial charge in [0.25, 0.3) is 0 Å². The third kappa shape index (κ3) is 5.14. The lowest BCUT2D eigenvalue weighted by molar-refractivity contribution is -0.115. The first-order chi connectivity index (χ1) is 14.3. The van der Waals surface area contributed by atoms with Gasteiger partial charge in [0, 0.05) is 17.8 Å². The molecule has 0 fully saturated rings. The molecule has 0 atom stereocenters. The quantitative estimate of drug-likeness (QED) is 0.467. The molecule has 0 saturated carbocycles. The van der Waals surface area contributed by atoms with Crippen molar-refractivity contribution in [3.63, 3.8) is 0 Å². The summed E-state index contributed by atoms with van der Waals surface area (Å²) in [6.45, 7) is 0. The molecule has 29 heavy (non-hydrogen) atoms. The van der Waals surface area contributed by atoms with Gasteiger partial charge in [-0.05, 0) is 30.3 Å². The molecule has 2 aromatic carbocycles. The number of nitrogens with one attached hydrogen (secondary N) is 2. The fourth-order valence-corrected chi connectivity index (χ4v) is 3.24. The topological polar surface area (TPSA) is 89.0 Å². The van der Waals surface area contributed by atoms with Crippen molar-refractivity contribution in [2.45, 2.75) is 6.42 Å². The van der Waals surface area contributed by atoms with Crippen molar-refractivity contribution in [3.05, 3.63) is 84.1 Å². The van der Waals surface area contributed by atoms with Gasteiger partial charge in [-0.3, -0.25) is 4.79 Å². The highest BCUT2D eigenvalue weighted by Gasteiger charge is 2.12. The summed E-state index contributed by atoms with van der Waals surface area (Å²) < 4.78 is 5.88. The number of amides is 1. The molecule has 2 heterocycles. The summed E-state index contributed by atoms with van der Waals surface area (Å²) in [7, 11) is 0. The maximum atomic E-state index is 12.5. The van der Waals surface area contributed by atoms with E-state index in [2.05, 4.69) is 25.6 Å². The fraction of sp³-hybridized carbons (Fsp3) is 0.0476. The number of benzene rings is 2. The number of nitrogens with zero attached hydrogens (tertiary/aromatic N) is 3. The molecule has 1 amide bonds. The molecule has 2 N–H and O–H groups in total. The molecule has 7 nitrogen and oxygen atoms in total. The summed E-state index contributed by atoms with van der Waals surface area (Å²) in [4.78, 5) is 25.1. The summed E-state index contributed by atoms with van der Waals surface area (Å²) in [5, 5.41) is 8.37. The van der Waals surface area contributed by atoms with Gasteiger partial charge in [-0.1, -0.05) is 30.3 Å². The number of ether oxygens (including phenoxy) is 1. The lowest BCUT2D eigenvalue weighted by Gasteiger charge is -2.11. The minimum Gasteiger partial charge on any atom is -0.455 e. The molecule has 4 aromatic rings. The summed E-state index contributed by atoms with van der Waals surface area (Å²) in [5.74, 6) is 1.56. The minimum atomic E-state index is -0.179. The lowest BCUT2D eigenvalue weighted by atomic mass is 10.2. The average Bonchev–Trinajstić information content (AvgIpc) is 3.17. The van der Waals surface area contributed by atoms with Crippen LogP contribution in [0.2, 0.25) is 0 Å². The Hall–Kier alpha value is -3.78. The first kappa shape index (κ1) is 18.6. The Kier molecular flexibility index (Phi) is 5.73. The molecule has 0 aliphatic rings. The van der Waals surface area contributed by atoms with Gasteiger partial charge in [0.15, 0.2) is 10.9 Å². The first-order valence-corrected chi connectivity index (χ1v) is 9.74. The van der Waals surface area contributed by atoms with Gasteiger partial charge in [-0.25, -0.2) is 15.0 Å². The number of carbonyl (C=O) groups is 1. The van der Waals surface area contributed by atoms with Crippen LogP contribution in [0.15, 0.2) is 78.4 Å². The Morgan fingerprint density at radius 3 is 2.55 bits per heavy atom. The molecule has 2 aromatic heterocycles. The van der Waals surface area contributed by atoms with Gasteiger partial charge in [0.05, 0.1) is 17.8 Å². The highest BCUT2D eigenvalue weighted by atomic mass is 32.1. The Morgan fingerprint density at radius 1 is 0.966 bits per heavy atom. The molecule has 8 heteroatoms. The van der Waals surface area contributed by atoms with Crippen LogP contribution in [0.25, 0.3) is 0 Å². The summed E-state index contributed by atoms with van der Waals surface area (Å²) in [6.07, 6.45) is 3.44. The number of thiazole rings is 1. The Bertz CT molecular complexity index is 1090. The van der Waals surface area contributed by atoms with E-state index in [1.807, 2.05) is 53.9 Å². The number of anilines is 3. The molecule has 0 saturated heterocycles. The normalized spacial score (nSPS) is 10.3. The number of rotatable bonds is 7. The van der Waals surface area contributed by atoms with E-state index in [-0.39, 0.29) is 12.3 Å². The third-order valence-electron chi connectivity index (χ3n) is 3.81. The number of aromatic nitrogens is 3. The summed E-state index contributed by atoms with van der Waals surface area (Å²) in [5.41, 5.74) is 1.26. The molecule has 0 aliphatic carbocycles. The second-order valence-corrected chi connectivity index (χ2v) is 6.84. The van der Waals surface area contributed by atoms with Crippen molar-refractivity contribution in [2.75, 3.05) is 10.6 Å². The van der Waals surface area contributed by atoms with Crippen molar-refractivity contribution < 1.29 is 9.53 Å². The van der Waals surface area contributed by atoms with Crippen LogP contribution in [0.3, 0.4) is 0 Å². The Labute approximate surface area is 171 Å². The van der Waals surface area contributed by atoms with E-state index in [1.54, 1.807) is 24.5 Å². The largest absolute Gasteiger partial charge is 0.455 e. The van der Waals surface area contributed by atoms with Crippen molar-refractivity contribution in [1.82, 2.24) is 15.0 Å². The molecular formula is C21H17N5O2S. The second-order valence-electron chi connectivity index (χ2n) is 5.98. The van der Waals surface area contributed by atoms with E-state index in [9.17, 15) is 4.79 Å². The molecule has 144 valence electrons. The maximum Gasteiger partial charge on any atom is 0.230 e. The minimum absolute atomic E-state index is 0.146. The van der Waals surface area contributed by atoms with Crippen LogP contribution in [0.1, 0.15) is 5.69 Å². The summed E-state index contributed by atoms with van der Waals surface area (Å²) in [6, 6.07) is 18.5. The average molecular weight is 403 g/mol. The lowest BCUT2D eigenvalue weighted by Crippen LogP contribution is -2.15. The highest BCUT2D eigenvalue weighted by Crippen LogP contribution is 2.29. The first-order valence-electron chi connectivity index (χ1n) is 8.86. The van der Waals surface area contributed by atoms with Crippen molar-refractivity contribution >= 4 is 34.0 Å². The van der Waals surface area contributed by atoms with Crippen molar-refractivity contribution in [3.8, 4) is 11.5 Å². The molecule has 0 radical (unpaired) electrons. The van der Waals surface area contributed by atoms with Gasteiger partial charge in [0.2, 0.25) is 11.9 Å². The zero-order chi connectivity index (χ0) is 19.9. The van der Waals surface area contributed by atoms with Crippen LogP contribution in [0, 0.1) is 0 Å². The van der Waals surface area contributed by atoms with Crippen molar-refractivity contribution in [1.29, 1.82) is 0 Å². The van der Waals surface area contributed by atoms with Gasteiger partial charge in [-0.2, -0.15) is 0 Å². The van der Waals surface area contributed by atoms with Crippen LogP contribution < -0.4 is 15.4 Å². The SMILES string of the molecule is O=C(Cc1csc(Nc2ncccn2)n1)Nc1ccccc1Oc1ccccc1. The fourth-order valence-electron chi connectivity index (χ4n) is 2.54. The molecule has 0 aliphatic heterocycles. The predicted molar refractivity (Wildman–Crippen MR) is 113 cm³/mol. The van der Waals surface area contributed by atoms with E-state index >= 15 is 0 Å². The number of hydrogen-bond acceptors (Lipinski definition) is 7. The van der Waals surface area contributed by atoms with E-state index in [0.29, 0.717) is 34.0 Å². The van der Waals surface area contributed by atoms with Gasteiger partial charge < -0.3 is 15.4 Å². The van der Waals surface area contributed by atoms with E-state index in [0.717, 1.165) is 0 Å². The molecule has 0 bridgehead atoms. The monoisotopic (exact) mass is 403 g/mol. The standard InChI is InChI=1S/C21H17N5O2S/c27-19(13-15-14-29-21(24-15)26-20-22-11-6-12-23-20)25-17-9-4-5-10-18(17)28-16-7-2-1-3-8-16/h1-12,14H,13H2,(H,25,27)(H,22,23,24,26). The highest BCUT2D eigenvalue weighted by molar-refractivity contribution is 7.13. The molecule has 0 spiro atoms. The van der Waals surface area contributed by atoms with Crippen molar-refractivity contribution in [2.24, 2.45) is 0 Å². The zero-order valence-corrected chi connectivity index (χ0v) is 16.1. The van der Waals surface area contributed by atoms with Crippen LogP contribution in [0.4, 0.5) is 16.8 Å². The van der Waals surface area contributed by atoms with Gasteiger partial charge in [0.1, 0.15) is 5.75 Å². The van der Waals surface area contributed by atoms with Crippen LogP contribution >= 0.6 is 11.3 Å². The number of hydrogen-bond donors (Lipinski definition) is 2. The van der Waals surface area contributed by atoms with E-state index < -0.39 is 0 Å². The van der Waals surface area contributed by atoms with E-state index in [1.165, 1.54) is 11.3 Å². The second kappa shape index (κ2) is 8.94. The number of carbonyl (C=O) groups excluding carboxylic acids is 1. The Balaban J connectivity index is 1.39. The van der Waals surface area contributed by atoms with Crippen LogP contribution in [-0.2, 0) is 11.2 Å². The third-order valence-corrected chi connectivity index (χ3v) is 4.62.